The number of benzene rings is 3. The van der Waals surface area contributed by atoms with E-state index in [0.717, 1.165) is 11.1 Å². The van der Waals surface area contributed by atoms with E-state index in [-0.39, 0.29) is 11.6 Å². The molecule has 0 unspecified atom stereocenters. The SMILES string of the molecule is COc1ccc(NC(=O)/C(=C\c2ccccc2)NC(=O)c2ccccc2C)cc1. The summed E-state index contributed by atoms with van der Waals surface area (Å²) < 4.78 is 5.13. The zero-order chi connectivity index (χ0) is 20.6. The summed E-state index contributed by atoms with van der Waals surface area (Å²) in [6.45, 7) is 1.85. The molecule has 0 aliphatic carbocycles. The van der Waals surface area contributed by atoms with Crippen LogP contribution in [0.25, 0.3) is 6.08 Å². The molecule has 0 radical (unpaired) electrons. The molecular weight excluding hydrogens is 364 g/mol. The van der Waals surface area contributed by atoms with Crippen LogP contribution >= 0.6 is 0 Å². The lowest BCUT2D eigenvalue weighted by molar-refractivity contribution is -0.113. The Bertz CT molecular complexity index is 1030. The van der Waals surface area contributed by atoms with Crippen LogP contribution in [0.4, 0.5) is 5.69 Å². The molecule has 0 bridgehead atoms. The van der Waals surface area contributed by atoms with E-state index in [1.54, 1.807) is 49.6 Å². The van der Waals surface area contributed by atoms with Crippen LogP contribution in [0.3, 0.4) is 0 Å². The van der Waals surface area contributed by atoms with Crippen molar-refractivity contribution in [3.8, 4) is 5.75 Å². The first-order valence-corrected chi connectivity index (χ1v) is 9.16. The van der Waals surface area contributed by atoms with Crippen LogP contribution in [0.15, 0.2) is 84.6 Å². The summed E-state index contributed by atoms with van der Waals surface area (Å²) >= 11 is 0. The molecular formula is C24H22N2O3. The van der Waals surface area contributed by atoms with E-state index in [0.29, 0.717) is 17.0 Å². The number of carbonyl (C=O) groups excluding carboxylic acids is 2. The second kappa shape index (κ2) is 9.37. The molecule has 29 heavy (non-hydrogen) atoms. The average molecular weight is 386 g/mol. The number of nitrogens with one attached hydrogen (secondary N) is 2. The molecule has 0 aliphatic heterocycles. The maximum atomic E-state index is 12.9. The molecule has 0 atom stereocenters. The number of hydrogen-bond acceptors (Lipinski definition) is 3. The van der Waals surface area contributed by atoms with Gasteiger partial charge in [-0.2, -0.15) is 0 Å². The van der Waals surface area contributed by atoms with E-state index >= 15 is 0 Å². The van der Waals surface area contributed by atoms with Gasteiger partial charge >= 0.3 is 0 Å². The fourth-order valence-corrected chi connectivity index (χ4v) is 2.76. The normalized spacial score (nSPS) is 10.9. The molecule has 0 spiro atoms. The maximum Gasteiger partial charge on any atom is 0.272 e. The van der Waals surface area contributed by atoms with E-state index < -0.39 is 5.91 Å². The Balaban J connectivity index is 1.86. The number of rotatable bonds is 6. The molecule has 0 saturated heterocycles. The molecule has 3 aromatic rings. The van der Waals surface area contributed by atoms with Gasteiger partial charge in [-0.15, -0.1) is 0 Å². The van der Waals surface area contributed by atoms with Crippen LogP contribution in [0.5, 0.6) is 5.75 Å². The first-order valence-electron chi connectivity index (χ1n) is 9.16. The van der Waals surface area contributed by atoms with E-state index in [9.17, 15) is 9.59 Å². The molecule has 5 heteroatoms. The number of carbonyl (C=O) groups is 2. The van der Waals surface area contributed by atoms with Crippen molar-refractivity contribution in [1.82, 2.24) is 5.32 Å². The monoisotopic (exact) mass is 386 g/mol. The predicted molar refractivity (Wildman–Crippen MR) is 115 cm³/mol. The number of anilines is 1. The van der Waals surface area contributed by atoms with Gasteiger partial charge in [0.15, 0.2) is 0 Å². The van der Waals surface area contributed by atoms with Crippen LogP contribution in [0, 0.1) is 6.92 Å². The van der Waals surface area contributed by atoms with Gasteiger partial charge in [0.1, 0.15) is 11.4 Å². The third-order valence-electron chi connectivity index (χ3n) is 4.34. The zero-order valence-electron chi connectivity index (χ0n) is 16.3. The van der Waals surface area contributed by atoms with Crippen LogP contribution in [-0.2, 0) is 4.79 Å². The summed E-state index contributed by atoms with van der Waals surface area (Å²) in [7, 11) is 1.58. The van der Waals surface area contributed by atoms with E-state index in [4.69, 9.17) is 4.74 Å². The van der Waals surface area contributed by atoms with Crippen molar-refractivity contribution in [1.29, 1.82) is 0 Å². The minimum Gasteiger partial charge on any atom is -0.497 e. The number of hydrogen-bond donors (Lipinski definition) is 2. The van der Waals surface area contributed by atoms with Crippen molar-refractivity contribution < 1.29 is 14.3 Å². The van der Waals surface area contributed by atoms with Gasteiger partial charge < -0.3 is 15.4 Å². The highest BCUT2D eigenvalue weighted by atomic mass is 16.5. The van der Waals surface area contributed by atoms with Crippen molar-refractivity contribution >= 4 is 23.6 Å². The van der Waals surface area contributed by atoms with Crippen LogP contribution < -0.4 is 15.4 Å². The van der Waals surface area contributed by atoms with Crippen molar-refractivity contribution in [3.63, 3.8) is 0 Å². The summed E-state index contributed by atoms with van der Waals surface area (Å²) in [6, 6.07) is 23.6. The predicted octanol–water partition coefficient (Wildman–Crippen LogP) is 4.41. The number of methoxy groups -OCH3 is 1. The van der Waals surface area contributed by atoms with Gasteiger partial charge in [0.25, 0.3) is 11.8 Å². The lowest BCUT2D eigenvalue weighted by atomic mass is 10.1. The minimum atomic E-state index is -0.416. The topological polar surface area (TPSA) is 67.4 Å². The molecule has 0 fully saturated rings. The summed E-state index contributed by atoms with van der Waals surface area (Å²) in [5, 5.41) is 5.56. The van der Waals surface area contributed by atoms with Crippen LogP contribution in [0.2, 0.25) is 0 Å². The molecule has 5 nitrogen and oxygen atoms in total. The van der Waals surface area contributed by atoms with Crippen LogP contribution in [0.1, 0.15) is 21.5 Å². The molecule has 3 rings (SSSR count). The molecule has 0 heterocycles. The lowest BCUT2D eigenvalue weighted by Gasteiger charge is -2.12. The largest absolute Gasteiger partial charge is 0.497 e. The Hall–Kier alpha value is -3.86. The first kappa shape index (κ1) is 19.9. The molecule has 2 N–H and O–H groups in total. The van der Waals surface area contributed by atoms with E-state index in [2.05, 4.69) is 10.6 Å². The lowest BCUT2D eigenvalue weighted by Crippen LogP contribution is -2.31. The van der Waals surface area contributed by atoms with Crippen molar-refractivity contribution in [3.05, 3.63) is 101 Å². The van der Waals surface area contributed by atoms with E-state index in [1.165, 1.54) is 0 Å². The van der Waals surface area contributed by atoms with Crippen LogP contribution in [-0.4, -0.2) is 18.9 Å². The third kappa shape index (κ3) is 5.32. The summed E-state index contributed by atoms with van der Waals surface area (Å²) in [5.41, 5.74) is 2.90. The fourth-order valence-electron chi connectivity index (χ4n) is 2.76. The van der Waals surface area contributed by atoms with Gasteiger partial charge in [-0.05, 0) is 54.5 Å². The van der Waals surface area contributed by atoms with Crippen molar-refractivity contribution in [2.75, 3.05) is 12.4 Å². The molecule has 0 aliphatic rings. The molecule has 146 valence electrons. The highest BCUT2D eigenvalue weighted by molar-refractivity contribution is 6.10. The first-order chi connectivity index (χ1) is 14.1. The smallest absolute Gasteiger partial charge is 0.272 e. The number of aryl methyl sites for hydroxylation is 1. The van der Waals surface area contributed by atoms with Crippen molar-refractivity contribution in [2.24, 2.45) is 0 Å². The summed E-state index contributed by atoms with van der Waals surface area (Å²) in [4.78, 5) is 25.7. The highest BCUT2D eigenvalue weighted by Gasteiger charge is 2.16. The highest BCUT2D eigenvalue weighted by Crippen LogP contribution is 2.16. The van der Waals surface area contributed by atoms with Gasteiger partial charge in [-0.3, -0.25) is 9.59 Å². The van der Waals surface area contributed by atoms with Gasteiger partial charge in [0, 0.05) is 11.3 Å². The third-order valence-corrected chi connectivity index (χ3v) is 4.34. The minimum absolute atomic E-state index is 0.153. The van der Waals surface area contributed by atoms with Gasteiger partial charge in [-0.25, -0.2) is 0 Å². The second-order valence-corrected chi connectivity index (χ2v) is 6.42. The van der Waals surface area contributed by atoms with E-state index in [1.807, 2.05) is 49.4 Å². The summed E-state index contributed by atoms with van der Waals surface area (Å²) in [6.07, 6.45) is 1.65. The Kier molecular flexibility index (Phi) is 6.43. The Labute approximate surface area is 170 Å². The molecule has 2 amide bonds. The standard InChI is InChI=1S/C24H22N2O3/c1-17-8-6-7-11-21(17)23(27)26-22(16-18-9-4-3-5-10-18)24(28)25-19-12-14-20(29-2)15-13-19/h3-16H,1-2H3,(H,25,28)(H,26,27)/b22-16+. The summed E-state index contributed by atoms with van der Waals surface area (Å²) in [5.74, 6) is -0.0629. The number of amides is 2. The second-order valence-electron chi connectivity index (χ2n) is 6.42. The fraction of sp³-hybridized carbons (Fsp3) is 0.0833. The van der Waals surface area contributed by atoms with Gasteiger partial charge in [0.2, 0.25) is 0 Å². The Morgan fingerprint density at radius 2 is 1.52 bits per heavy atom. The number of ether oxygens (including phenoxy) is 1. The molecule has 3 aromatic carbocycles. The van der Waals surface area contributed by atoms with Crippen molar-refractivity contribution in [2.45, 2.75) is 6.92 Å². The Morgan fingerprint density at radius 1 is 0.862 bits per heavy atom. The van der Waals surface area contributed by atoms with Gasteiger partial charge in [0.05, 0.1) is 7.11 Å². The average Bonchev–Trinajstić information content (AvgIpc) is 2.74. The molecule has 0 aromatic heterocycles. The maximum absolute atomic E-state index is 12.9. The molecule has 0 saturated carbocycles. The Morgan fingerprint density at radius 3 is 2.17 bits per heavy atom. The van der Waals surface area contributed by atoms with Gasteiger partial charge in [-0.1, -0.05) is 48.5 Å². The zero-order valence-corrected chi connectivity index (χ0v) is 16.3. The quantitative estimate of drug-likeness (QED) is 0.617.